The van der Waals surface area contributed by atoms with Crippen LogP contribution in [0.2, 0.25) is 5.02 Å². The molecule has 2 aromatic rings. The Morgan fingerprint density at radius 1 is 1.35 bits per heavy atom. The van der Waals surface area contributed by atoms with Gasteiger partial charge in [0.15, 0.2) is 5.82 Å². The lowest BCUT2D eigenvalue weighted by Gasteiger charge is -2.15. The number of anilines is 1. The van der Waals surface area contributed by atoms with E-state index >= 15 is 0 Å². The molecule has 1 aromatic carbocycles. The Hall–Kier alpha value is -1.81. The van der Waals surface area contributed by atoms with Crippen molar-refractivity contribution in [3.05, 3.63) is 57.6 Å². The Balaban J connectivity index is 2.22. The van der Waals surface area contributed by atoms with E-state index in [0.717, 1.165) is 5.56 Å². The largest absolute Gasteiger partial charge is 0.362 e. The van der Waals surface area contributed by atoms with Crippen molar-refractivity contribution in [1.29, 1.82) is 0 Å². The summed E-state index contributed by atoms with van der Waals surface area (Å²) in [6.45, 7) is 1.98. The van der Waals surface area contributed by atoms with Gasteiger partial charge in [0.25, 0.3) is 5.56 Å². The molecule has 88 valence electrons. The number of nitrogens with zero attached hydrogens (tertiary/aromatic N) is 1. The summed E-state index contributed by atoms with van der Waals surface area (Å²) in [5.41, 5.74) is 0.759. The molecule has 0 aliphatic heterocycles. The van der Waals surface area contributed by atoms with Crippen LogP contribution in [0, 0.1) is 0 Å². The van der Waals surface area contributed by atoms with E-state index in [2.05, 4.69) is 15.3 Å². The third-order valence-electron chi connectivity index (χ3n) is 2.45. The second kappa shape index (κ2) is 5.01. The Kier molecular flexibility index (Phi) is 3.44. The second-order valence-electron chi connectivity index (χ2n) is 3.67. The fourth-order valence-electron chi connectivity index (χ4n) is 1.51. The summed E-state index contributed by atoms with van der Waals surface area (Å²) in [7, 11) is 0. The van der Waals surface area contributed by atoms with Crippen molar-refractivity contribution in [2.75, 3.05) is 5.32 Å². The van der Waals surface area contributed by atoms with Crippen molar-refractivity contribution in [3.8, 4) is 0 Å². The average Bonchev–Trinajstić information content (AvgIpc) is 2.36. The fraction of sp³-hybridized carbons (Fsp3) is 0.167. The number of halogens is 1. The minimum Gasteiger partial charge on any atom is -0.362 e. The van der Waals surface area contributed by atoms with Crippen molar-refractivity contribution < 1.29 is 0 Å². The van der Waals surface area contributed by atoms with E-state index in [0.29, 0.717) is 5.82 Å². The molecule has 0 aliphatic rings. The van der Waals surface area contributed by atoms with E-state index in [4.69, 9.17) is 11.6 Å². The number of hydrogen-bond donors (Lipinski definition) is 2. The first kappa shape index (κ1) is 11.7. The molecule has 0 amide bonds. The Morgan fingerprint density at radius 2 is 2.06 bits per heavy atom. The highest BCUT2D eigenvalue weighted by atomic mass is 35.5. The third-order valence-corrected chi connectivity index (χ3v) is 2.80. The first-order chi connectivity index (χ1) is 8.18. The van der Waals surface area contributed by atoms with Gasteiger partial charge in [-0.2, -0.15) is 0 Å². The van der Waals surface area contributed by atoms with Crippen LogP contribution in [0.1, 0.15) is 18.5 Å². The van der Waals surface area contributed by atoms with Crippen molar-refractivity contribution >= 4 is 17.4 Å². The van der Waals surface area contributed by atoms with Crippen LogP contribution in [0.25, 0.3) is 0 Å². The molecule has 0 bridgehead atoms. The minimum absolute atomic E-state index is 0.0306. The molecule has 0 aliphatic carbocycles. The van der Waals surface area contributed by atoms with Gasteiger partial charge < -0.3 is 10.3 Å². The summed E-state index contributed by atoms with van der Waals surface area (Å²) >= 11 is 5.86. The summed E-state index contributed by atoms with van der Waals surface area (Å²) in [5, 5.41) is 3.18. The Labute approximate surface area is 104 Å². The van der Waals surface area contributed by atoms with Crippen LogP contribution in [0.5, 0.6) is 0 Å². The molecular formula is C12H12ClN3O. The smallest absolute Gasteiger partial charge is 0.271 e. The maximum absolute atomic E-state index is 11.3. The van der Waals surface area contributed by atoms with Gasteiger partial charge in [-0.3, -0.25) is 4.79 Å². The minimum atomic E-state index is -0.343. The quantitative estimate of drug-likeness (QED) is 0.879. The Bertz CT molecular complexity index is 553. The van der Waals surface area contributed by atoms with E-state index in [1.54, 1.807) is 0 Å². The fourth-order valence-corrected chi connectivity index (χ4v) is 1.67. The van der Waals surface area contributed by atoms with Gasteiger partial charge in [-0.25, -0.2) is 4.98 Å². The zero-order valence-corrected chi connectivity index (χ0v) is 10.0. The van der Waals surface area contributed by atoms with Crippen LogP contribution < -0.4 is 10.9 Å². The summed E-state index contributed by atoms with van der Waals surface area (Å²) in [6.07, 6.45) is 1.33. The molecule has 1 unspecified atom stereocenters. The SMILES string of the molecule is CC(Nc1nc[nH]c(=O)c1Cl)c1ccccc1. The highest BCUT2D eigenvalue weighted by molar-refractivity contribution is 6.32. The normalized spacial score (nSPS) is 12.1. The van der Waals surface area contributed by atoms with Gasteiger partial charge in [-0.15, -0.1) is 0 Å². The van der Waals surface area contributed by atoms with Gasteiger partial charge in [0.05, 0.1) is 6.33 Å². The first-order valence-electron chi connectivity index (χ1n) is 5.23. The first-order valence-corrected chi connectivity index (χ1v) is 5.61. The zero-order valence-electron chi connectivity index (χ0n) is 9.27. The molecular weight excluding hydrogens is 238 g/mol. The summed E-state index contributed by atoms with van der Waals surface area (Å²) < 4.78 is 0. The molecule has 17 heavy (non-hydrogen) atoms. The predicted octanol–water partition coefficient (Wildman–Crippen LogP) is 2.60. The van der Waals surface area contributed by atoms with Crippen molar-refractivity contribution in [2.24, 2.45) is 0 Å². The molecule has 0 saturated heterocycles. The maximum Gasteiger partial charge on any atom is 0.271 e. The number of benzene rings is 1. The van der Waals surface area contributed by atoms with Crippen molar-refractivity contribution in [3.63, 3.8) is 0 Å². The summed E-state index contributed by atoms with van der Waals surface area (Å²) in [5.74, 6) is 0.395. The highest BCUT2D eigenvalue weighted by Crippen LogP contribution is 2.20. The number of aromatic nitrogens is 2. The average molecular weight is 250 g/mol. The third kappa shape index (κ3) is 2.65. The molecule has 4 nitrogen and oxygen atoms in total. The standard InChI is InChI=1S/C12H12ClN3O/c1-8(9-5-3-2-4-6-9)16-11-10(13)12(17)15-7-14-11/h2-8H,1H3,(H2,14,15,16,17). The van der Waals surface area contributed by atoms with E-state index in [1.807, 2.05) is 37.3 Å². The van der Waals surface area contributed by atoms with E-state index < -0.39 is 0 Å². The molecule has 1 atom stereocenters. The number of hydrogen-bond acceptors (Lipinski definition) is 3. The number of nitrogens with one attached hydrogen (secondary N) is 2. The lowest BCUT2D eigenvalue weighted by Crippen LogP contribution is -2.14. The summed E-state index contributed by atoms with van der Waals surface area (Å²) in [6, 6.07) is 9.90. The van der Waals surface area contributed by atoms with E-state index in [-0.39, 0.29) is 16.6 Å². The van der Waals surface area contributed by atoms with Crippen LogP contribution in [0.15, 0.2) is 41.5 Å². The predicted molar refractivity (Wildman–Crippen MR) is 68.3 cm³/mol. The monoisotopic (exact) mass is 249 g/mol. The molecule has 0 spiro atoms. The van der Waals surface area contributed by atoms with E-state index in [9.17, 15) is 4.79 Å². The summed E-state index contributed by atoms with van der Waals surface area (Å²) in [4.78, 5) is 17.7. The molecule has 0 fully saturated rings. The lowest BCUT2D eigenvalue weighted by atomic mass is 10.1. The Morgan fingerprint density at radius 3 is 2.76 bits per heavy atom. The number of aromatic amines is 1. The van der Waals surface area contributed by atoms with Crippen LogP contribution in [-0.4, -0.2) is 9.97 Å². The van der Waals surface area contributed by atoms with Gasteiger partial charge in [0, 0.05) is 6.04 Å². The highest BCUT2D eigenvalue weighted by Gasteiger charge is 2.10. The molecule has 2 rings (SSSR count). The van der Waals surface area contributed by atoms with E-state index in [1.165, 1.54) is 6.33 Å². The molecule has 5 heteroatoms. The number of rotatable bonds is 3. The van der Waals surface area contributed by atoms with Gasteiger partial charge in [-0.05, 0) is 12.5 Å². The van der Waals surface area contributed by atoms with Crippen LogP contribution in [0.4, 0.5) is 5.82 Å². The van der Waals surface area contributed by atoms with Crippen molar-refractivity contribution in [1.82, 2.24) is 9.97 Å². The zero-order chi connectivity index (χ0) is 12.3. The van der Waals surface area contributed by atoms with Gasteiger partial charge in [-0.1, -0.05) is 41.9 Å². The van der Waals surface area contributed by atoms with Crippen molar-refractivity contribution in [2.45, 2.75) is 13.0 Å². The number of H-pyrrole nitrogens is 1. The topological polar surface area (TPSA) is 57.8 Å². The van der Waals surface area contributed by atoms with Gasteiger partial charge >= 0.3 is 0 Å². The van der Waals surface area contributed by atoms with Gasteiger partial charge in [0.2, 0.25) is 0 Å². The molecule has 1 aromatic heterocycles. The van der Waals surface area contributed by atoms with Crippen LogP contribution >= 0.6 is 11.6 Å². The second-order valence-corrected chi connectivity index (χ2v) is 4.05. The molecule has 0 saturated carbocycles. The van der Waals surface area contributed by atoms with Crippen LogP contribution in [0.3, 0.4) is 0 Å². The maximum atomic E-state index is 11.3. The lowest BCUT2D eigenvalue weighted by molar-refractivity contribution is 0.870. The van der Waals surface area contributed by atoms with Crippen LogP contribution in [-0.2, 0) is 0 Å². The molecule has 2 N–H and O–H groups in total. The van der Waals surface area contributed by atoms with Gasteiger partial charge in [0.1, 0.15) is 5.02 Å². The molecule has 1 heterocycles. The molecule has 0 radical (unpaired) electrons.